The van der Waals surface area contributed by atoms with Gasteiger partial charge >= 0.3 is 0 Å². The van der Waals surface area contributed by atoms with Crippen molar-refractivity contribution in [2.24, 2.45) is 11.8 Å². The van der Waals surface area contributed by atoms with Gasteiger partial charge < -0.3 is 20.9 Å². The second-order valence-corrected chi connectivity index (χ2v) is 9.20. The maximum Gasteiger partial charge on any atom is 0.268 e. The van der Waals surface area contributed by atoms with Crippen LogP contribution in [0.4, 0.5) is 4.39 Å². The summed E-state index contributed by atoms with van der Waals surface area (Å²) in [5.41, 5.74) is 0.533. The van der Waals surface area contributed by atoms with Crippen molar-refractivity contribution < 1.29 is 18.8 Å². The summed E-state index contributed by atoms with van der Waals surface area (Å²) in [6, 6.07) is 4.31. The number of benzene rings is 1. The number of aromatic nitrogens is 1. The molecule has 1 saturated heterocycles. The molecule has 0 radical (unpaired) electrons. The predicted molar refractivity (Wildman–Crippen MR) is 120 cm³/mol. The molecule has 4 rings (SSSR count). The number of carbonyl (C=O) groups is 3. The van der Waals surface area contributed by atoms with Crippen LogP contribution in [0.1, 0.15) is 49.0 Å². The third kappa shape index (κ3) is 5.63. The highest BCUT2D eigenvalue weighted by atomic mass is 35.5. The molecule has 10 heteroatoms. The average molecular weight is 474 g/mol. The summed E-state index contributed by atoms with van der Waals surface area (Å²) in [6.07, 6.45) is 4.14. The fourth-order valence-electron chi connectivity index (χ4n) is 4.20. The molecule has 2 aromatic rings. The molecule has 2 fully saturated rings. The molecule has 3 atom stereocenters. The molecule has 174 valence electrons. The quantitative estimate of drug-likeness (QED) is 0.470. The second kappa shape index (κ2) is 9.79. The van der Waals surface area contributed by atoms with Crippen LogP contribution >= 0.6 is 11.6 Å². The Morgan fingerprint density at radius 2 is 2.00 bits per heavy atom. The molecule has 1 saturated carbocycles. The highest BCUT2D eigenvalue weighted by molar-refractivity contribution is 6.35. The number of hydrogen-bond donors (Lipinski definition) is 4. The lowest BCUT2D eigenvalue weighted by Crippen LogP contribution is -2.50. The molecule has 3 amide bonds. The number of hydrogen-bond acceptors (Lipinski definition) is 4. The average Bonchev–Trinajstić information content (AvgIpc) is 3.49. The monoisotopic (exact) mass is 473 g/mol. The largest absolute Gasteiger partial charge is 0.356 e. The first-order valence-electron chi connectivity index (χ1n) is 11.1. The Morgan fingerprint density at radius 3 is 2.70 bits per heavy atom. The van der Waals surface area contributed by atoms with E-state index in [4.69, 9.17) is 11.6 Å². The first-order chi connectivity index (χ1) is 15.8. The van der Waals surface area contributed by atoms with E-state index in [0.717, 1.165) is 25.3 Å². The Hall–Kier alpha value is -3.12. The van der Waals surface area contributed by atoms with E-state index in [9.17, 15) is 24.0 Å². The molecule has 2 aliphatic rings. The zero-order chi connectivity index (χ0) is 23.5. The smallest absolute Gasteiger partial charge is 0.268 e. The van der Waals surface area contributed by atoms with E-state index >= 15 is 0 Å². The zero-order valence-electron chi connectivity index (χ0n) is 17.9. The van der Waals surface area contributed by atoms with Crippen molar-refractivity contribution in [3.63, 3.8) is 0 Å². The molecule has 2 unspecified atom stereocenters. The van der Waals surface area contributed by atoms with E-state index in [2.05, 4.69) is 27.0 Å². The molecule has 0 bridgehead atoms. The number of nitriles is 1. The van der Waals surface area contributed by atoms with Gasteiger partial charge in [0.05, 0.1) is 16.6 Å². The molecular weight excluding hydrogens is 449 g/mol. The number of rotatable bonds is 8. The van der Waals surface area contributed by atoms with Crippen LogP contribution in [0.25, 0.3) is 10.9 Å². The van der Waals surface area contributed by atoms with Gasteiger partial charge in [-0.1, -0.05) is 24.4 Å². The second-order valence-electron chi connectivity index (χ2n) is 8.79. The van der Waals surface area contributed by atoms with Gasteiger partial charge in [-0.25, -0.2) is 4.39 Å². The number of nitrogens with zero attached hydrogens (tertiary/aromatic N) is 1. The number of amides is 3. The maximum absolute atomic E-state index is 13.6. The molecular formula is C23H25ClFN5O3. The predicted octanol–water partition coefficient (Wildman–Crippen LogP) is 2.78. The topological polar surface area (TPSA) is 127 Å². The Bertz CT molecular complexity index is 1120. The van der Waals surface area contributed by atoms with Crippen LogP contribution in [-0.4, -0.2) is 41.3 Å². The van der Waals surface area contributed by atoms with Crippen molar-refractivity contribution in [1.29, 1.82) is 5.26 Å². The van der Waals surface area contributed by atoms with Crippen LogP contribution in [0.5, 0.6) is 0 Å². The van der Waals surface area contributed by atoms with E-state index in [1.807, 2.05) is 0 Å². The fraction of sp³-hybridized carbons (Fsp3) is 0.478. The van der Waals surface area contributed by atoms with Crippen LogP contribution in [0, 0.1) is 29.0 Å². The Balaban J connectivity index is 1.44. The van der Waals surface area contributed by atoms with Crippen molar-refractivity contribution >= 4 is 40.2 Å². The van der Waals surface area contributed by atoms with Gasteiger partial charge in [0.25, 0.3) is 5.91 Å². The summed E-state index contributed by atoms with van der Waals surface area (Å²) < 4.78 is 13.6. The summed E-state index contributed by atoms with van der Waals surface area (Å²) >= 11 is 6.06. The minimum absolute atomic E-state index is 0.104. The van der Waals surface area contributed by atoms with E-state index in [0.29, 0.717) is 36.2 Å². The molecule has 1 aromatic carbocycles. The number of H-pyrrole nitrogens is 1. The molecule has 8 nitrogen and oxygen atoms in total. The van der Waals surface area contributed by atoms with Crippen LogP contribution in [-0.2, 0) is 9.59 Å². The van der Waals surface area contributed by atoms with Gasteiger partial charge in [-0.05, 0) is 49.8 Å². The third-order valence-corrected chi connectivity index (χ3v) is 6.49. The lowest BCUT2D eigenvalue weighted by molar-refractivity contribution is -0.128. The lowest BCUT2D eigenvalue weighted by Gasteiger charge is -2.25. The first kappa shape index (κ1) is 23.1. The summed E-state index contributed by atoms with van der Waals surface area (Å²) in [5.74, 6) is -1.61. The fourth-order valence-corrected chi connectivity index (χ4v) is 4.46. The number of carbonyl (C=O) groups excluding carboxylic acids is 3. The maximum atomic E-state index is 13.6. The highest BCUT2D eigenvalue weighted by Crippen LogP contribution is 2.34. The summed E-state index contributed by atoms with van der Waals surface area (Å²) in [6.45, 7) is 0.625. The van der Waals surface area contributed by atoms with Crippen molar-refractivity contribution in [2.45, 2.75) is 50.6 Å². The molecule has 1 aromatic heterocycles. The van der Waals surface area contributed by atoms with Crippen LogP contribution in [0.3, 0.4) is 0 Å². The van der Waals surface area contributed by atoms with Crippen molar-refractivity contribution in [2.75, 3.05) is 6.54 Å². The number of nitrogens with one attached hydrogen (secondary N) is 4. The van der Waals surface area contributed by atoms with Gasteiger partial charge in [-0.15, -0.1) is 0 Å². The van der Waals surface area contributed by atoms with Crippen LogP contribution < -0.4 is 16.0 Å². The van der Waals surface area contributed by atoms with Gasteiger partial charge in [-0.2, -0.15) is 5.26 Å². The van der Waals surface area contributed by atoms with E-state index in [1.165, 1.54) is 12.1 Å². The standard InChI is InChI=1S/C23H25ClFN5O3/c24-17-8-14(25)9-18-16(17)10-20(29-18)23(33)30-19(6-12-3-4-12)22(32)28-15(11-26)7-13-2-1-5-27-21(13)31/h8-10,12-13,15,19,29H,1-7H2,(H,27,31)(H,28,32)(H,30,33)/t13?,15-,19?/m0/s1. The summed E-state index contributed by atoms with van der Waals surface area (Å²) in [4.78, 5) is 40.7. The molecule has 4 N–H and O–H groups in total. The Morgan fingerprint density at radius 1 is 1.21 bits per heavy atom. The van der Waals surface area contributed by atoms with E-state index in [-0.39, 0.29) is 29.0 Å². The SMILES string of the molecule is N#C[C@H](CC1CCCNC1=O)NC(=O)C(CC1CC1)NC(=O)c1cc2c(Cl)cc(F)cc2[nH]1. The minimum atomic E-state index is -0.834. The molecule has 0 spiro atoms. The van der Waals surface area contributed by atoms with E-state index < -0.39 is 29.7 Å². The van der Waals surface area contributed by atoms with Gasteiger partial charge in [0, 0.05) is 17.8 Å². The Kier molecular flexibility index (Phi) is 6.84. The minimum Gasteiger partial charge on any atom is -0.356 e. The number of fused-ring (bicyclic) bond motifs is 1. The van der Waals surface area contributed by atoms with Gasteiger partial charge in [0.1, 0.15) is 23.6 Å². The Labute approximate surface area is 195 Å². The third-order valence-electron chi connectivity index (χ3n) is 6.18. The molecule has 33 heavy (non-hydrogen) atoms. The number of aromatic amines is 1. The van der Waals surface area contributed by atoms with Crippen molar-refractivity contribution in [3.8, 4) is 6.07 Å². The van der Waals surface area contributed by atoms with Crippen molar-refractivity contribution in [1.82, 2.24) is 20.9 Å². The van der Waals surface area contributed by atoms with Gasteiger partial charge in [0.2, 0.25) is 11.8 Å². The molecule has 1 aliphatic heterocycles. The molecule has 1 aliphatic carbocycles. The lowest BCUT2D eigenvalue weighted by atomic mass is 9.92. The zero-order valence-corrected chi connectivity index (χ0v) is 18.7. The van der Waals surface area contributed by atoms with Gasteiger partial charge in [-0.3, -0.25) is 14.4 Å². The van der Waals surface area contributed by atoms with E-state index in [1.54, 1.807) is 0 Å². The number of halogens is 2. The first-order valence-corrected chi connectivity index (χ1v) is 11.5. The van der Waals surface area contributed by atoms with Gasteiger partial charge in [0.15, 0.2) is 0 Å². The highest BCUT2D eigenvalue weighted by Gasteiger charge is 2.33. The van der Waals surface area contributed by atoms with Crippen LogP contribution in [0.2, 0.25) is 5.02 Å². The normalized spacial score (nSPS) is 19.9. The van der Waals surface area contributed by atoms with Crippen LogP contribution in [0.15, 0.2) is 18.2 Å². The molecule has 2 heterocycles. The number of piperidine rings is 1. The van der Waals surface area contributed by atoms with Crippen molar-refractivity contribution in [3.05, 3.63) is 34.7 Å². The summed E-state index contributed by atoms with van der Waals surface area (Å²) in [5, 5.41) is 18.4. The summed E-state index contributed by atoms with van der Waals surface area (Å²) in [7, 11) is 0.